The van der Waals surface area contributed by atoms with Gasteiger partial charge < -0.3 is 8.98 Å². The number of hydrogen-bond donors (Lipinski definition) is 0. The zero-order chi connectivity index (χ0) is 44.0. The molecule has 0 spiro atoms. The van der Waals surface area contributed by atoms with Gasteiger partial charge in [0.15, 0.2) is 22.8 Å². The van der Waals surface area contributed by atoms with E-state index in [-0.39, 0.29) is 0 Å². The number of nitrogens with zero attached hydrogens (tertiary/aromatic N) is 5. The maximum Gasteiger partial charge on any atom is 0.238 e. The molecule has 4 heterocycles. The number of furan rings is 1. The molecule has 0 atom stereocenters. The Bertz CT molecular complexity index is 4180. The zero-order valence-corrected chi connectivity index (χ0v) is 36.0. The maximum atomic E-state index is 7.40. The van der Waals surface area contributed by atoms with Gasteiger partial charge in [0, 0.05) is 49.1 Å². The minimum atomic E-state index is 0.504. The highest BCUT2D eigenvalue weighted by Crippen LogP contribution is 2.44. The van der Waals surface area contributed by atoms with Crippen LogP contribution in [-0.4, -0.2) is 24.1 Å². The van der Waals surface area contributed by atoms with E-state index in [9.17, 15) is 0 Å². The van der Waals surface area contributed by atoms with Crippen molar-refractivity contribution in [2.24, 2.45) is 0 Å². The molecule has 0 aliphatic rings. The number of fused-ring (bicyclic) bond motifs is 12. The second-order valence-electron chi connectivity index (χ2n) is 17.2. The summed E-state index contributed by atoms with van der Waals surface area (Å²) < 4.78 is 11.9. The Hall–Kier alpha value is -9.13. The fourth-order valence-electron chi connectivity index (χ4n) is 10.2. The Morgan fingerprint density at radius 2 is 0.761 bits per heavy atom. The molecule has 0 N–H and O–H groups in total. The van der Waals surface area contributed by atoms with E-state index in [1.165, 1.54) is 16.2 Å². The fraction of sp³-hybridized carbons (Fsp3) is 0. The first-order valence-electron chi connectivity index (χ1n) is 22.6. The van der Waals surface area contributed by atoms with Crippen LogP contribution in [0.3, 0.4) is 0 Å². The van der Waals surface area contributed by atoms with Crippen LogP contribution in [0.5, 0.6) is 0 Å². The van der Waals surface area contributed by atoms with Gasteiger partial charge in [-0.15, -0.1) is 0 Å². The largest absolute Gasteiger partial charge is 0.452 e. The lowest BCUT2D eigenvalue weighted by molar-refractivity contribution is 0.673. The fourth-order valence-corrected chi connectivity index (χ4v) is 10.2. The van der Waals surface area contributed by atoms with Gasteiger partial charge in [-0.05, 0) is 81.6 Å². The summed E-state index contributed by atoms with van der Waals surface area (Å²) in [6.45, 7) is 0. The summed E-state index contributed by atoms with van der Waals surface area (Å²) in [6.07, 6.45) is 0. The van der Waals surface area contributed by atoms with Crippen molar-refractivity contribution in [1.29, 1.82) is 0 Å². The van der Waals surface area contributed by atoms with E-state index < -0.39 is 0 Å². The smallest absolute Gasteiger partial charge is 0.238 e. The Kier molecular flexibility index (Phi) is 8.18. The van der Waals surface area contributed by atoms with Crippen molar-refractivity contribution < 1.29 is 4.42 Å². The van der Waals surface area contributed by atoms with Crippen LogP contribution in [0, 0.1) is 0 Å². The van der Waals surface area contributed by atoms with Gasteiger partial charge in [-0.2, -0.15) is 9.97 Å². The number of para-hydroxylation sites is 2. The van der Waals surface area contributed by atoms with Crippen molar-refractivity contribution in [2.75, 3.05) is 0 Å². The van der Waals surface area contributed by atoms with Crippen molar-refractivity contribution in [3.63, 3.8) is 0 Å². The highest BCUT2D eigenvalue weighted by molar-refractivity contribution is 6.26. The molecule has 6 nitrogen and oxygen atoms in total. The molecule has 14 aromatic rings. The monoisotopic (exact) mass is 855 g/mol. The number of rotatable bonds is 6. The molecular formula is C61H37N5O. The molecule has 0 aliphatic heterocycles. The van der Waals surface area contributed by atoms with Gasteiger partial charge in [-0.25, -0.2) is 4.98 Å². The average Bonchev–Trinajstić information content (AvgIpc) is 4.07. The molecule has 0 aliphatic carbocycles. The zero-order valence-electron chi connectivity index (χ0n) is 36.0. The highest BCUT2D eigenvalue weighted by atomic mass is 16.3. The normalized spacial score (nSPS) is 11.9. The third-order valence-corrected chi connectivity index (χ3v) is 13.3. The molecule has 4 aromatic heterocycles. The van der Waals surface area contributed by atoms with E-state index in [2.05, 4.69) is 221 Å². The van der Waals surface area contributed by atoms with Crippen LogP contribution < -0.4 is 0 Å². The molecule has 0 amide bonds. The maximum absolute atomic E-state index is 7.40. The number of hydrogen-bond acceptors (Lipinski definition) is 4. The molecule has 67 heavy (non-hydrogen) atoms. The van der Waals surface area contributed by atoms with E-state index in [0.29, 0.717) is 17.6 Å². The Morgan fingerprint density at radius 3 is 1.36 bits per heavy atom. The Morgan fingerprint density at radius 1 is 0.299 bits per heavy atom. The summed E-state index contributed by atoms with van der Waals surface area (Å²) >= 11 is 0. The first-order valence-corrected chi connectivity index (χ1v) is 22.6. The Balaban J connectivity index is 1.06. The van der Waals surface area contributed by atoms with Gasteiger partial charge >= 0.3 is 0 Å². The third kappa shape index (κ3) is 5.86. The number of aromatic nitrogens is 5. The molecule has 0 bridgehead atoms. The molecule has 312 valence electrons. The van der Waals surface area contributed by atoms with Gasteiger partial charge in [0.2, 0.25) is 5.95 Å². The molecule has 0 fully saturated rings. The quantitative estimate of drug-likeness (QED) is 0.167. The van der Waals surface area contributed by atoms with E-state index in [1.807, 2.05) is 12.1 Å². The molecule has 14 rings (SSSR count). The number of benzene rings is 10. The summed E-state index contributed by atoms with van der Waals surface area (Å²) in [5.74, 6) is 1.66. The standard InChI is InChI=1S/C61H37N5O/c1-3-15-38(16-4-1)41-21-13-23-44(35-41)59-62-60(45-24-14-22-42(36-45)39-17-5-2-6-18-39)64-61(63-59)66-54-28-12-10-26-48(54)50-32-34-52-51-33-31-49-47-25-9-11-27-53(47)65(55(49)57(51)67-58(52)56(50)66)46-30-29-40-19-7-8-20-43(40)37-46/h1-37H. The van der Waals surface area contributed by atoms with E-state index in [1.54, 1.807) is 0 Å². The topological polar surface area (TPSA) is 61.7 Å². The van der Waals surface area contributed by atoms with Crippen molar-refractivity contribution in [2.45, 2.75) is 0 Å². The van der Waals surface area contributed by atoms with Gasteiger partial charge in [0.05, 0.1) is 16.6 Å². The molecule has 0 radical (unpaired) electrons. The third-order valence-electron chi connectivity index (χ3n) is 13.3. The van der Waals surface area contributed by atoms with E-state index in [4.69, 9.17) is 19.4 Å². The Labute approximate surface area is 384 Å². The molecule has 0 saturated heterocycles. The summed E-state index contributed by atoms with van der Waals surface area (Å²) in [5, 5.41) is 8.88. The highest BCUT2D eigenvalue weighted by Gasteiger charge is 2.25. The van der Waals surface area contributed by atoms with Crippen LogP contribution in [0.25, 0.3) is 133 Å². The van der Waals surface area contributed by atoms with E-state index in [0.717, 1.165) is 99.2 Å². The van der Waals surface area contributed by atoms with Crippen molar-refractivity contribution in [3.8, 4) is 56.7 Å². The SMILES string of the molecule is c1ccc(-c2cccc(-c3nc(-c4cccc(-c5ccccc5)c4)nc(-n4c5ccccc5c5ccc6c7ccc8c9ccccc9n(-c9ccc%10ccccc%10c9)c8c7oc6c54)n3)c2)cc1. The van der Waals surface area contributed by atoms with Crippen molar-refractivity contribution in [1.82, 2.24) is 24.1 Å². The second kappa shape index (κ2) is 14.7. The summed E-state index contributed by atoms with van der Waals surface area (Å²) in [4.78, 5) is 16.1. The van der Waals surface area contributed by atoms with E-state index >= 15 is 0 Å². The lowest BCUT2D eigenvalue weighted by atomic mass is 10.0. The summed E-state index contributed by atoms with van der Waals surface area (Å²) in [5.41, 5.74) is 12.9. The minimum Gasteiger partial charge on any atom is -0.452 e. The summed E-state index contributed by atoms with van der Waals surface area (Å²) in [7, 11) is 0. The van der Waals surface area contributed by atoms with Crippen LogP contribution in [0.4, 0.5) is 0 Å². The first kappa shape index (κ1) is 37.3. The van der Waals surface area contributed by atoms with Gasteiger partial charge in [0.25, 0.3) is 0 Å². The lowest BCUT2D eigenvalue weighted by Crippen LogP contribution is -2.06. The van der Waals surface area contributed by atoms with Crippen molar-refractivity contribution >= 4 is 76.3 Å². The lowest BCUT2D eigenvalue weighted by Gasteiger charge is -2.12. The van der Waals surface area contributed by atoms with Crippen LogP contribution >= 0.6 is 0 Å². The predicted molar refractivity (Wildman–Crippen MR) is 275 cm³/mol. The van der Waals surface area contributed by atoms with Crippen LogP contribution in [-0.2, 0) is 0 Å². The minimum absolute atomic E-state index is 0.504. The molecule has 0 unspecified atom stereocenters. The van der Waals surface area contributed by atoms with Crippen molar-refractivity contribution in [3.05, 3.63) is 224 Å². The first-order chi connectivity index (χ1) is 33.2. The van der Waals surface area contributed by atoms with Gasteiger partial charge in [-0.1, -0.05) is 176 Å². The summed E-state index contributed by atoms with van der Waals surface area (Å²) in [6, 6.07) is 79.1. The molecule has 10 aromatic carbocycles. The van der Waals surface area contributed by atoms with Crippen LogP contribution in [0.15, 0.2) is 229 Å². The van der Waals surface area contributed by atoms with Crippen LogP contribution in [0.2, 0.25) is 0 Å². The second-order valence-corrected chi connectivity index (χ2v) is 17.2. The van der Waals surface area contributed by atoms with Gasteiger partial charge in [-0.3, -0.25) is 4.57 Å². The predicted octanol–water partition coefficient (Wildman–Crippen LogP) is 15.8. The molecular weight excluding hydrogens is 819 g/mol. The van der Waals surface area contributed by atoms with Crippen LogP contribution in [0.1, 0.15) is 0 Å². The van der Waals surface area contributed by atoms with Gasteiger partial charge in [0.1, 0.15) is 5.52 Å². The molecule has 0 saturated carbocycles. The molecule has 6 heteroatoms. The average molecular weight is 856 g/mol.